The number of carbonyl (C=O) groups excluding carboxylic acids is 1. The molecule has 1 amide bonds. The molecule has 0 radical (unpaired) electrons. The normalized spacial score (nSPS) is 12.3. The van der Waals surface area contributed by atoms with Crippen molar-refractivity contribution in [1.82, 2.24) is 0 Å². The number of carboxylic acid groups (broad SMARTS) is 1. The maximum atomic E-state index is 12.4. The molecule has 0 aromatic heterocycles. The molecule has 0 saturated heterocycles. The lowest BCUT2D eigenvalue weighted by Crippen LogP contribution is -2.39. The third-order valence-electron chi connectivity index (χ3n) is 3.16. The van der Waals surface area contributed by atoms with Crippen LogP contribution in [0.2, 0.25) is 0 Å². The standard InChI is InChI=1S/C16H23NO3/c1-10(2)15(18)17(9-13(5)16(19)20)14-7-11(3)6-12(4)8-14/h6-8,10,13H,9H2,1-5H3,(H,19,20). The van der Waals surface area contributed by atoms with Crippen LogP contribution in [0.15, 0.2) is 18.2 Å². The van der Waals surface area contributed by atoms with E-state index in [0.29, 0.717) is 0 Å². The van der Waals surface area contributed by atoms with Gasteiger partial charge in [-0.1, -0.05) is 26.8 Å². The summed E-state index contributed by atoms with van der Waals surface area (Å²) in [4.78, 5) is 25.0. The average Bonchev–Trinajstić information content (AvgIpc) is 2.33. The number of amides is 1. The molecule has 0 bridgehead atoms. The second kappa shape index (κ2) is 6.55. The Bertz CT molecular complexity index is 488. The lowest BCUT2D eigenvalue weighted by atomic mass is 10.1. The molecule has 0 spiro atoms. The molecule has 1 N–H and O–H groups in total. The predicted octanol–water partition coefficient (Wildman–Crippen LogP) is 3.01. The fraction of sp³-hybridized carbons (Fsp3) is 0.500. The van der Waals surface area contributed by atoms with Crippen molar-refractivity contribution < 1.29 is 14.7 Å². The van der Waals surface area contributed by atoms with Crippen molar-refractivity contribution >= 4 is 17.6 Å². The van der Waals surface area contributed by atoms with Gasteiger partial charge in [0.2, 0.25) is 5.91 Å². The van der Waals surface area contributed by atoms with Gasteiger partial charge in [0, 0.05) is 18.2 Å². The number of aryl methyl sites for hydroxylation is 2. The van der Waals surface area contributed by atoms with Crippen molar-refractivity contribution in [2.75, 3.05) is 11.4 Å². The lowest BCUT2D eigenvalue weighted by molar-refractivity contribution is -0.140. The van der Waals surface area contributed by atoms with Gasteiger partial charge in [-0.15, -0.1) is 0 Å². The van der Waals surface area contributed by atoms with E-state index in [1.165, 1.54) is 0 Å². The van der Waals surface area contributed by atoms with Crippen molar-refractivity contribution in [2.24, 2.45) is 11.8 Å². The molecule has 4 nitrogen and oxygen atoms in total. The second-order valence-electron chi connectivity index (χ2n) is 5.69. The fourth-order valence-electron chi connectivity index (χ4n) is 2.09. The zero-order chi connectivity index (χ0) is 15.4. The Balaban J connectivity index is 3.15. The first-order valence-corrected chi connectivity index (χ1v) is 6.84. The first kappa shape index (κ1) is 16.2. The van der Waals surface area contributed by atoms with Crippen LogP contribution in [0, 0.1) is 25.7 Å². The van der Waals surface area contributed by atoms with Crippen LogP contribution in [0.1, 0.15) is 31.9 Å². The monoisotopic (exact) mass is 277 g/mol. The zero-order valence-corrected chi connectivity index (χ0v) is 12.8. The third kappa shape index (κ3) is 4.08. The van der Waals surface area contributed by atoms with E-state index >= 15 is 0 Å². The first-order valence-electron chi connectivity index (χ1n) is 6.84. The molecule has 1 aromatic carbocycles. The van der Waals surface area contributed by atoms with Gasteiger partial charge in [-0.05, 0) is 37.1 Å². The van der Waals surface area contributed by atoms with Gasteiger partial charge in [-0.25, -0.2) is 0 Å². The summed E-state index contributed by atoms with van der Waals surface area (Å²) in [5.74, 6) is -1.71. The highest BCUT2D eigenvalue weighted by atomic mass is 16.4. The van der Waals surface area contributed by atoms with E-state index < -0.39 is 11.9 Å². The van der Waals surface area contributed by atoms with Crippen LogP contribution in [0.5, 0.6) is 0 Å². The second-order valence-corrected chi connectivity index (χ2v) is 5.69. The van der Waals surface area contributed by atoms with Crippen molar-refractivity contribution in [3.63, 3.8) is 0 Å². The summed E-state index contributed by atoms with van der Waals surface area (Å²) >= 11 is 0. The van der Waals surface area contributed by atoms with E-state index in [-0.39, 0.29) is 18.4 Å². The minimum atomic E-state index is -0.893. The Morgan fingerprint density at radius 2 is 1.60 bits per heavy atom. The number of anilines is 1. The zero-order valence-electron chi connectivity index (χ0n) is 12.8. The van der Waals surface area contributed by atoms with Crippen molar-refractivity contribution in [3.05, 3.63) is 29.3 Å². The minimum Gasteiger partial charge on any atom is -0.481 e. The van der Waals surface area contributed by atoms with Gasteiger partial charge in [0.15, 0.2) is 0 Å². The molecule has 1 atom stereocenters. The van der Waals surface area contributed by atoms with Crippen LogP contribution >= 0.6 is 0 Å². The van der Waals surface area contributed by atoms with Crippen LogP contribution in [-0.4, -0.2) is 23.5 Å². The van der Waals surface area contributed by atoms with E-state index in [1.54, 1.807) is 11.8 Å². The van der Waals surface area contributed by atoms with Crippen LogP contribution in [0.4, 0.5) is 5.69 Å². The highest BCUT2D eigenvalue weighted by Crippen LogP contribution is 2.22. The molecule has 0 aliphatic heterocycles. The van der Waals surface area contributed by atoms with Crippen molar-refractivity contribution in [1.29, 1.82) is 0 Å². The highest BCUT2D eigenvalue weighted by molar-refractivity contribution is 5.95. The minimum absolute atomic E-state index is 0.0527. The number of carbonyl (C=O) groups is 2. The van der Waals surface area contributed by atoms with E-state index in [0.717, 1.165) is 16.8 Å². The summed E-state index contributed by atoms with van der Waals surface area (Å²) in [5, 5.41) is 9.07. The summed E-state index contributed by atoms with van der Waals surface area (Å²) in [6, 6.07) is 5.87. The maximum absolute atomic E-state index is 12.4. The lowest BCUT2D eigenvalue weighted by Gasteiger charge is -2.27. The summed E-state index contributed by atoms with van der Waals surface area (Å²) in [5.41, 5.74) is 2.89. The van der Waals surface area contributed by atoms with Gasteiger partial charge in [0.05, 0.1) is 5.92 Å². The summed E-state index contributed by atoms with van der Waals surface area (Å²) < 4.78 is 0. The molecule has 1 rings (SSSR count). The van der Waals surface area contributed by atoms with Gasteiger partial charge in [-0.3, -0.25) is 9.59 Å². The van der Waals surface area contributed by atoms with Gasteiger partial charge >= 0.3 is 5.97 Å². The predicted molar refractivity (Wildman–Crippen MR) is 79.9 cm³/mol. The van der Waals surface area contributed by atoms with E-state index in [1.807, 2.05) is 45.9 Å². The molecular formula is C16H23NO3. The SMILES string of the molecule is Cc1cc(C)cc(N(CC(C)C(=O)O)C(=O)C(C)C)c1. The van der Waals surface area contributed by atoms with E-state index in [4.69, 9.17) is 5.11 Å². The molecule has 0 aliphatic rings. The van der Waals surface area contributed by atoms with E-state index in [2.05, 4.69) is 0 Å². The number of nitrogens with zero attached hydrogens (tertiary/aromatic N) is 1. The number of rotatable bonds is 5. The number of aliphatic carboxylic acids is 1. The quantitative estimate of drug-likeness (QED) is 0.900. The molecule has 1 aromatic rings. The van der Waals surface area contributed by atoms with Gasteiger partial charge < -0.3 is 10.0 Å². The smallest absolute Gasteiger partial charge is 0.308 e. The number of carboxylic acids is 1. The number of hydrogen-bond donors (Lipinski definition) is 1. The molecular weight excluding hydrogens is 254 g/mol. The van der Waals surface area contributed by atoms with Crippen molar-refractivity contribution in [2.45, 2.75) is 34.6 Å². The average molecular weight is 277 g/mol. The van der Waals surface area contributed by atoms with Gasteiger partial charge in [0.25, 0.3) is 0 Å². The molecule has 20 heavy (non-hydrogen) atoms. The summed E-state index contributed by atoms with van der Waals surface area (Å²) in [6.45, 7) is 9.39. The Kier molecular flexibility index (Phi) is 5.31. The molecule has 4 heteroatoms. The van der Waals surface area contributed by atoms with Gasteiger partial charge in [-0.2, -0.15) is 0 Å². The number of hydrogen-bond acceptors (Lipinski definition) is 2. The van der Waals surface area contributed by atoms with Crippen LogP contribution in [0.25, 0.3) is 0 Å². The molecule has 0 fully saturated rings. The maximum Gasteiger partial charge on any atom is 0.308 e. The first-order chi connectivity index (χ1) is 9.22. The van der Waals surface area contributed by atoms with E-state index in [9.17, 15) is 9.59 Å². The molecule has 1 unspecified atom stereocenters. The topological polar surface area (TPSA) is 57.6 Å². The Morgan fingerprint density at radius 1 is 1.10 bits per heavy atom. The molecule has 0 heterocycles. The van der Waals surface area contributed by atoms with Crippen LogP contribution < -0.4 is 4.90 Å². The Hall–Kier alpha value is -1.84. The highest BCUT2D eigenvalue weighted by Gasteiger charge is 2.24. The fourth-order valence-corrected chi connectivity index (χ4v) is 2.09. The molecule has 110 valence electrons. The Morgan fingerprint density at radius 3 is 2.00 bits per heavy atom. The third-order valence-corrected chi connectivity index (χ3v) is 3.16. The number of benzene rings is 1. The molecule has 0 aliphatic carbocycles. The largest absolute Gasteiger partial charge is 0.481 e. The van der Waals surface area contributed by atoms with Crippen LogP contribution in [-0.2, 0) is 9.59 Å². The van der Waals surface area contributed by atoms with Crippen molar-refractivity contribution in [3.8, 4) is 0 Å². The summed E-state index contributed by atoms with van der Waals surface area (Å²) in [6.07, 6.45) is 0. The molecule has 0 saturated carbocycles. The van der Waals surface area contributed by atoms with Crippen LogP contribution in [0.3, 0.4) is 0 Å². The van der Waals surface area contributed by atoms with Gasteiger partial charge in [0.1, 0.15) is 0 Å². The summed E-state index contributed by atoms with van der Waals surface area (Å²) in [7, 11) is 0. The Labute approximate surface area is 120 Å².